The first-order valence-electron chi connectivity index (χ1n) is 10.2. The van der Waals surface area contributed by atoms with Crippen molar-refractivity contribution in [2.45, 2.75) is 26.2 Å². The molecule has 2 aliphatic rings. The van der Waals surface area contributed by atoms with Crippen LogP contribution in [0.1, 0.15) is 24.8 Å². The number of nitrogens with one attached hydrogen (secondary N) is 1. The molecule has 7 nitrogen and oxygen atoms in total. The van der Waals surface area contributed by atoms with Crippen molar-refractivity contribution in [2.75, 3.05) is 54.4 Å². The Morgan fingerprint density at radius 2 is 1.50 bits per heavy atom. The van der Waals surface area contributed by atoms with Crippen LogP contribution >= 0.6 is 0 Å². The fourth-order valence-corrected chi connectivity index (χ4v) is 3.84. The van der Waals surface area contributed by atoms with E-state index < -0.39 is 0 Å². The zero-order chi connectivity index (χ0) is 19.3. The molecule has 0 unspecified atom stereocenters. The summed E-state index contributed by atoms with van der Waals surface area (Å²) >= 11 is 0. The quantitative estimate of drug-likeness (QED) is 0.886. The lowest BCUT2D eigenvalue weighted by Gasteiger charge is -2.35. The number of carbonyl (C=O) groups excluding carboxylic acids is 1. The molecule has 4 rings (SSSR count). The van der Waals surface area contributed by atoms with Gasteiger partial charge in [0.15, 0.2) is 11.6 Å². The number of aromatic nitrogens is 2. The summed E-state index contributed by atoms with van der Waals surface area (Å²) in [4.78, 5) is 18.9. The largest absolute Gasteiger partial charge is 0.355 e. The van der Waals surface area contributed by atoms with E-state index in [9.17, 15) is 4.79 Å². The molecule has 2 amide bonds. The summed E-state index contributed by atoms with van der Waals surface area (Å²) in [6.07, 6.45) is 3.77. The molecule has 1 N–H and O–H groups in total. The van der Waals surface area contributed by atoms with Gasteiger partial charge in [0.2, 0.25) is 0 Å². The molecule has 0 radical (unpaired) electrons. The van der Waals surface area contributed by atoms with Crippen molar-refractivity contribution in [2.24, 2.45) is 0 Å². The van der Waals surface area contributed by atoms with E-state index >= 15 is 0 Å². The van der Waals surface area contributed by atoms with Crippen molar-refractivity contribution in [3.63, 3.8) is 0 Å². The lowest BCUT2D eigenvalue weighted by molar-refractivity contribution is 0.208. The zero-order valence-corrected chi connectivity index (χ0v) is 16.5. The summed E-state index contributed by atoms with van der Waals surface area (Å²) in [5.41, 5.74) is 1.97. The molecule has 0 bridgehead atoms. The molecule has 1 aromatic heterocycles. The van der Waals surface area contributed by atoms with Gasteiger partial charge in [0.1, 0.15) is 0 Å². The molecule has 0 atom stereocenters. The van der Waals surface area contributed by atoms with Gasteiger partial charge >= 0.3 is 6.03 Å². The maximum absolute atomic E-state index is 12.5. The molecule has 148 valence electrons. The SMILES string of the molecule is Cc1cccc(NC(=O)N2CCN(c3ccc(N4CCCCC4)nn3)CC2)c1. The molecule has 2 aromatic rings. The van der Waals surface area contributed by atoms with Gasteiger partial charge in [0, 0.05) is 45.0 Å². The van der Waals surface area contributed by atoms with E-state index in [-0.39, 0.29) is 6.03 Å². The van der Waals surface area contributed by atoms with Gasteiger partial charge in [0.05, 0.1) is 0 Å². The third-order valence-corrected chi connectivity index (χ3v) is 5.48. The van der Waals surface area contributed by atoms with Crippen LogP contribution in [0.4, 0.5) is 22.1 Å². The fourth-order valence-electron chi connectivity index (χ4n) is 3.84. The van der Waals surface area contributed by atoms with Crippen molar-refractivity contribution in [1.29, 1.82) is 0 Å². The van der Waals surface area contributed by atoms with Gasteiger partial charge in [-0.15, -0.1) is 10.2 Å². The number of benzene rings is 1. The predicted octanol–water partition coefficient (Wildman–Crippen LogP) is 3.13. The van der Waals surface area contributed by atoms with E-state index in [0.29, 0.717) is 13.1 Å². The van der Waals surface area contributed by atoms with Gasteiger partial charge in [-0.2, -0.15) is 0 Å². The molecule has 3 heterocycles. The van der Waals surface area contributed by atoms with Crippen molar-refractivity contribution in [3.8, 4) is 0 Å². The number of piperidine rings is 1. The van der Waals surface area contributed by atoms with Gasteiger partial charge < -0.3 is 20.0 Å². The van der Waals surface area contributed by atoms with Crippen LogP contribution in [-0.2, 0) is 0 Å². The number of carbonyl (C=O) groups is 1. The van der Waals surface area contributed by atoms with E-state index in [0.717, 1.165) is 49.1 Å². The Balaban J connectivity index is 1.30. The molecular formula is C21H28N6O. The van der Waals surface area contributed by atoms with Crippen LogP contribution in [0.5, 0.6) is 0 Å². The van der Waals surface area contributed by atoms with Crippen molar-refractivity contribution < 1.29 is 4.79 Å². The summed E-state index contributed by atoms with van der Waals surface area (Å²) in [6.45, 7) is 7.04. The molecule has 2 aliphatic heterocycles. The van der Waals surface area contributed by atoms with E-state index in [1.165, 1.54) is 19.3 Å². The highest BCUT2D eigenvalue weighted by Crippen LogP contribution is 2.20. The topological polar surface area (TPSA) is 64.6 Å². The number of hydrogen-bond donors (Lipinski definition) is 1. The zero-order valence-electron chi connectivity index (χ0n) is 16.5. The summed E-state index contributed by atoms with van der Waals surface area (Å²) in [5, 5.41) is 11.9. The molecule has 2 saturated heterocycles. The Morgan fingerprint density at radius 3 is 2.11 bits per heavy atom. The first-order valence-corrected chi connectivity index (χ1v) is 10.2. The van der Waals surface area contributed by atoms with Crippen molar-refractivity contribution in [1.82, 2.24) is 15.1 Å². The van der Waals surface area contributed by atoms with Crippen LogP contribution in [0.25, 0.3) is 0 Å². The maximum atomic E-state index is 12.5. The van der Waals surface area contributed by atoms with Gasteiger partial charge in [-0.3, -0.25) is 0 Å². The molecule has 0 spiro atoms. The molecule has 0 aliphatic carbocycles. The van der Waals surface area contributed by atoms with E-state index in [4.69, 9.17) is 0 Å². The third-order valence-electron chi connectivity index (χ3n) is 5.48. The van der Waals surface area contributed by atoms with Crippen molar-refractivity contribution >= 4 is 23.4 Å². The van der Waals surface area contributed by atoms with E-state index in [1.807, 2.05) is 36.1 Å². The second kappa shape index (κ2) is 8.46. The van der Waals surface area contributed by atoms with Crippen LogP contribution in [0.2, 0.25) is 0 Å². The summed E-state index contributed by atoms with van der Waals surface area (Å²) in [6, 6.07) is 12.0. The summed E-state index contributed by atoms with van der Waals surface area (Å²) in [5.74, 6) is 1.86. The summed E-state index contributed by atoms with van der Waals surface area (Å²) < 4.78 is 0. The fraction of sp³-hybridized carbons (Fsp3) is 0.476. The highest BCUT2D eigenvalue weighted by molar-refractivity contribution is 5.89. The van der Waals surface area contributed by atoms with Gasteiger partial charge in [-0.1, -0.05) is 12.1 Å². The van der Waals surface area contributed by atoms with Crippen LogP contribution in [0, 0.1) is 6.92 Å². The van der Waals surface area contributed by atoms with E-state index in [1.54, 1.807) is 0 Å². The molecule has 7 heteroatoms. The Morgan fingerprint density at radius 1 is 0.857 bits per heavy atom. The van der Waals surface area contributed by atoms with Crippen LogP contribution < -0.4 is 15.1 Å². The van der Waals surface area contributed by atoms with Gasteiger partial charge in [-0.25, -0.2) is 4.79 Å². The number of rotatable bonds is 3. The number of aryl methyl sites for hydroxylation is 1. The van der Waals surface area contributed by atoms with Crippen LogP contribution in [0.3, 0.4) is 0 Å². The predicted molar refractivity (Wildman–Crippen MR) is 112 cm³/mol. The number of nitrogens with zero attached hydrogens (tertiary/aromatic N) is 5. The number of amides is 2. The standard InChI is InChI=1S/C21H28N6O/c1-17-6-5-7-18(16-17)22-21(28)27-14-12-26(13-15-27)20-9-8-19(23-24-20)25-10-3-2-4-11-25/h5-9,16H,2-4,10-15H2,1H3,(H,22,28). The monoisotopic (exact) mass is 380 g/mol. The Bertz CT molecular complexity index is 795. The average molecular weight is 380 g/mol. The smallest absolute Gasteiger partial charge is 0.321 e. The molecule has 28 heavy (non-hydrogen) atoms. The van der Waals surface area contributed by atoms with Gasteiger partial charge in [-0.05, 0) is 56.0 Å². The summed E-state index contributed by atoms with van der Waals surface area (Å²) in [7, 11) is 0. The number of urea groups is 1. The van der Waals surface area contributed by atoms with E-state index in [2.05, 4.69) is 37.4 Å². The minimum absolute atomic E-state index is 0.0446. The first kappa shape index (κ1) is 18.5. The Labute approximate surface area is 166 Å². The Hall–Kier alpha value is -2.83. The van der Waals surface area contributed by atoms with Crippen molar-refractivity contribution in [3.05, 3.63) is 42.0 Å². The highest BCUT2D eigenvalue weighted by Gasteiger charge is 2.22. The second-order valence-corrected chi connectivity index (χ2v) is 7.57. The van der Waals surface area contributed by atoms with Crippen LogP contribution in [-0.4, -0.2) is 60.4 Å². The lowest BCUT2D eigenvalue weighted by Crippen LogP contribution is -2.50. The minimum Gasteiger partial charge on any atom is -0.355 e. The Kier molecular flexibility index (Phi) is 5.60. The lowest BCUT2D eigenvalue weighted by atomic mass is 10.1. The molecular weight excluding hydrogens is 352 g/mol. The third kappa shape index (κ3) is 4.35. The first-order chi connectivity index (χ1) is 13.7. The molecule has 0 saturated carbocycles. The van der Waals surface area contributed by atoms with Gasteiger partial charge in [0.25, 0.3) is 0 Å². The second-order valence-electron chi connectivity index (χ2n) is 7.57. The molecule has 1 aromatic carbocycles. The number of piperazine rings is 1. The minimum atomic E-state index is -0.0446. The highest BCUT2D eigenvalue weighted by atomic mass is 16.2. The van der Waals surface area contributed by atoms with Crippen LogP contribution in [0.15, 0.2) is 36.4 Å². The molecule has 2 fully saturated rings. The number of anilines is 3. The average Bonchev–Trinajstić information content (AvgIpc) is 2.75. The number of hydrogen-bond acceptors (Lipinski definition) is 5. The maximum Gasteiger partial charge on any atom is 0.321 e. The normalized spacial score (nSPS) is 17.5.